The van der Waals surface area contributed by atoms with Crippen LogP contribution in [0.25, 0.3) is 0 Å². The van der Waals surface area contributed by atoms with Gasteiger partial charge in [0.05, 0.1) is 36.3 Å². The minimum atomic E-state index is -2.09. The van der Waals surface area contributed by atoms with Gasteiger partial charge in [-0.3, -0.25) is 9.59 Å². The Morgan fingerprint density at radius 2 is 1.79 bits per heavy atom. The monoisotopic (exact) mass is 486 g/mol. The lowest BCUT2D eigenvalue weighted by Crippen LogP contribution is -2.57. The summed E-state index contributed by atoms with van der Waals surface area (Å²) < 4.78 is 25.0. The molecule has 2 rings (SSSR count). The Labute approximate surface area is 201 Å². The summed E-state index contributed by atoms with van der Waals surface area (Å²) >= 11 is 0. The van der Waals surface area contributed by atoms with Gasteiger partial charge in [-0.1, -0.05) is 27.7 Å². The molecule has 0 amide bonds. The van der Waals surface area contributed by atoms with Crippen LogP contribution in [0.5, 0.6) is 0 Å². The number of aliphatic hydroxyl groups is 1. The molecule has 33 heavy (non-hydrogen) atoms. The topological polar surface area (TPSA) is 91.3 Å². The molecule has 0 bridgehead atoms. The second-order valence-corrected chi connectivity index (χ2v) is 17.2. The van der Waals surface area contributed by atoms with Crippen molar-refractivity contribution in [2.24, 2.45) is 5.41 Å². The zero-order valence-electron chi connectivity index (χ0n) is 22.2. The molecule has 8 heteroatoms. The number of hydrogen-bond donors (Lipinski definition) is 1. The third kappa shape index (κ3) is 7.85. The molecule has 2 aliphatic rings. The Balaban J connectivity index is 2.24. The summed E-state index contributed by atoms with van der Waals surface area (Å²) in [5.41, 5.74) is -0.609. The van der Waals surface area contributed by atoms with Gasteiger partial charge in [-0.15, -0.1) is 0 Å². The zero-order valence-corrected chi connectivity index (χ0v) is 23.2. The van der Waals surface area contributed by atoms with Gasteiger partial charge in [0.15, 0.2) is 14.1 Å². The van der Waals surface area contributed by atoms with E-state index in [0.717, 1.165) is 0 Å². The van der Waals surface area contributed by atoms with Crippen molar-refractivity contribution in [2.75, 3.05) is 6.61 Å². The molecule has 2 aliphatic heterocycles. The highest BCUT2D eigenvalue weighted by atomic mass is 28.4. The molecule has 1 spiro atoms. The van der Waals surface area contributed by atoms with Crippen molar-refractivity contribution in [1.82, 2.24) is 0 Å². The first-order chi connectivity index (χ1) is 15.0. The number of rotatable bonds is 7. The first-order valence-corrected chi connectivity index (χ1v) is 15.3. The maximum Gasteiger partial charge on any atom is 0.311 e. The molecule has 2 heterocycles. The van der Waals surface area contributed by atoms with Gasteiger partial charge in [0.25, 0.3) is 0 Å². The van der Waals surface area contributed by atoms with Crippen molar-refractivity contribution in [1.29, 1.82) is 0 Å². The standard InChI is InChI=1S/C25H46O7Si/c1-10-17(26)11-19-12-18(27)14-25(30-19)15-20(32-33(8,9)24(5,6)7)13-21(31-25)16-29-22(28)23(2,3)4/h17,19-21,26H,10-16H2,1-9H3/t17?,19-,20+,21-,25-/m1/s1. The van der Waals surface area contributed by atoms with Crippen molar-refractivity contribution >= 4 is 20.1 Å². The molecule has 2 saturated heterocycles. The highest BCUT2D eigenvalue weighted by molar-refractivity contribution is 6.74. The van der Waals surface area contributed by atoms with Crippen LogP contribution in [0.2, 0.25) is 18.1 Å². The molecule has 0 aromatic carbocycles. The van der Waals surface area contributed by atoms with Crippen LogP contribution in [-0.2, 0) is 28.2 Å². The minimum absolute atomic E-state index is 0.0314. The van der Waals surface area contributed by atoms with E-state index in [1.54, 1.807) is 0 Å². The number of hydrogen-bond acceptors (Lipinski definition) is 7. The zero-order chi connectivity index (χ0) is 25.2. The van der Waals surface area contributed by atoms with Gasteiger partial charge in [0.2, 0.25) is 0 Å². The number of Topliss-reactive ketones (excluding diaryl/α,β-unsaturated/α-hetero) is 1. The van der Waals surface area contributed by atoms with E-state index in [0.29, 0.717) is 25.7 Å². The number of esters is 1. The average molecular weight is 487 g/mol. The van der Waals surface area contributed by atoms with Gasteiger partial charge in [-0.25, -0.2) is 0 Å². The van der Waals surface area contributed by atoms with Crippen molar-refractivity contribution in [3.05, 3.63) is 0 Å². The number of ketones is 1. The van der Waals surface area contributed by atoms with E-state index in [4.69, 9.17) is 18.6 Å². The van der Waals surface area contributed by atoms with Crippen molar-refractivity contribution in [2.45, 2.75) is 135 Å². The fourth-order valence-corrected chi connectivity index (χ4v) is 5.47. The summed E-state index contributed by atoms with van der Waals surface area (Å²) in [5, 5.41) is 10.2. The summed E-state index contributed by atoms with van der Waals surface area (Å²) in [4.78, 5) is 25.1. The van der Waals surface area contributed by atoms with E-state index >= 15 is 0 Å². The molecule has 1 N–H and O–H groups in total. The molecule has 7 nitrogen and oxygen atoms in total. The van der Waals surface area contributed by atoms with E-state index in [-0.39, 0.29) is 42.3 Å². The first-order valence-electron chi connectivity index (χ1n) is 12.4. The summed E-state index contributed by atoms with van der Waals surface area (Å²) in [5.74, 6) is -1.34. The normalized spacial score (nSPS) is 30.4. The lowest BCUT2D eigenvalue weighted by atomic mass is 9.89. The highest BCUT2D eigenvalue weighted by Crippen LogP contribution is 2.44. The highest BCUT2D eigenvalue weighted by Gasteiger charge is 2.51. The van der Waals surface area contributed by atoms with Crippen LogP contribution in [0.1, 0.15) is 87.0 Å². The Hall–Kier alpha value is -0.803. The Morgan fingerprint density at radius 3 is 2.33 bits per heavy atom. The molecule has 0 aromatic heterocycles. The molecule has 1 unspecified atom stereocenters. The van der Waals surface area contributed by atoms with Crippen molar-refractivity contribution < 1.29 is 33.3 Å². The Kier molecular flexibility index (Phi) is 9.00. The largest absolute Gasteiger partial charge is 0.463 e. The molecule has 0 aromatic rings. The molecule has 5 atom stereocenters. The lowest BCUT2D eigenvalue weighted by molar-refractivity contribution is -0.322. The Morgan fingerprint density at radius 1 is 1.18 bits per heavy atom. The predicted octanol–water partition coefficient (Wildman–Crippen LogP) is 4.75. The van der Waals surface area contributed by atoms with Crippen molar-refractivity contribution in [3.63, 3.8) is 0 Å². The first kappa shape index (κ1) is 28.4. The van der Waals surface area contributed by atoms with Crippen LogP contribution >= 0.6 is 0 Å². The van der Waals surface area contributed by atoms with Crippen LogP contribution < -0.4 is 0 Å². The van der Waals surface area contributed by atoms with E-state index in [1.165, 1.54) is 0 Å². The summed E-state index contributed by atoms with van der Waals surface area (Å²) in [6.07, 6.45) is 0.929. The number of carbonyl (C=O) groups is 2. The van der Waals surface area contributed by atoms with E-state index in [1.807, 2.05) is 27.7 Å². The molecule has 0 saturated carbocycles. The molecule has 192 valence electrons. The third-order valence-corrected chi connectivity index (χ3v) is 11.6. The third-order valence-electron chi connectivity index (χ3n) is 7.04. The smallest absolute Gasteiger partial charge is 0.311 e. The maximum atomic E-state index is 12.7. The second-order valence-electron chi connectivity index (χ2n) is 12.4. The van der Waals surface area contributed by atoms with Crippen LogP contribution in [0, 0.1) is 5.41 Å². The molecule has 2 fully saturated rings. The van der Waals surface area contributed by atoms with Gasteiger partial charge >= 0.3 is 5.97 Å². The fraction of sp³-hybridized carbons (Fsp3) is 0.920. The van der Waals surface area contributed by atoms with Gasteiger partial charge in [-0.05, 0) is 45.3 Å². The molecular formula is C25H46O7Si. The Bertz CT molecular complexity index is 694. The average Bonchev–Trinajstić information content (AvgIpc) is 2.62. The molecule has 0 radical (unpaired) electrons. The fourth-order valence-electron chi connectivity index (χ4n) is 4.10. The summed E-state index contributed by atoms with van der Waals surface area (Å²) in [6.45, 7) is 18.4. The quantitative estimate of drug-likeness (QED) is 0.410. The second kappa shape index (κ2) is 10.4. The lowest BCUT2D eigenvalue weighted by Gasteiger charge is -2.50. The molecular weight excluding hydrogens is 440 g/mol. The van der Waals surface area contributed by atoms with Gasteiger partial charge in [0, 0.05) is 25.7 Å². The molecule has 0 aliphatic carbocycles. The van der Waals surface area contributed by atoms with Crippen LogP contribution in [0.3, 0.4) is 0 Å². The summed E-state index contributed by atoms with van der Waals surface area (Å²) in [7, 11) is -2.09. The van der Waals surface area contributed by atoms with Gasteiger partial charge < -0.3 is 23.7 Å². The number of aliphatic hydroxyl groups excluding tert-OH is 1. The van der Waals surface area contributed by atoms with Crippen LogP contribution in [-0.4, -0.2) is 62.0 Å². The maximum absolute atomic E-state index is 12.7. The van der Waals surface area contributed by atoms with Crippen molar-refractivity contribution in [3.8, 4) is 0 Å². The van der Waals surface area contributed by atoms with Gasteiger partial charge in [-0.2, -0.15) is 0 Å². The van der Waals surface area contributed by atoms with E-state index < -0.39 is 37.8 Å². The minimum Gasteiger partial charge on any atom is -0.463 e. The predicted molar refractivity (Wildman–Crippen MR) is 129 cm³/mol. The number of carbonyl (C=O) groups excluding carboxylic acids is 2. The SMILES string of the molecule is CCC(O)C[C@@H]1CC(=O)C[C@@]2(C[C@@H](O[Si](C)(C)C(C)(C)C)C[C@H](COC(=O)C(C)(C)C)O2)O1. The van der Waals surface area contributed by atoms with Crippen LogP contribution in [0.15, 0.2) is 0 Å². The van der Waals surface area contributed by atoms with Crippen LogP contribution in [0.4, 0.5) is 0 Å². The van der Waals surface area contributed by atoms with E-state index in [2.05, 4.69) is 33.9 Å². The van der Waals surface area contributed by atoms with E-state index in [9.17, 15) is 14.7 Å². The van der Waals surface area contributed by atoms with Gasteiger partial charge in [0.1, 0.15) is 12.4 Å². The number of ether oxygens (including phenoxy) is 3. The summed E-state index contributed by atoms with van der Waals surface area (Å²) in [6, 6.07) is 0.